The van der Waals surface area contributed by atoms with E-state index in [4.69, 9.17) is 5.73 Å². The summed E-state index contributed by atoms with van der Waals surface area (Å²) in [6.45, 7) is 0. The van der Waals surface area contributed by atoms with E-state index in [1.807, 2.05) is 0 Å². The maximum Gasteiger partial charge on any atom is 0.0702 e. The first kappa shape index (κ1) is 14.3. The molecule has 0 aliphatic heterocycles. The Morgan fingerprint density at radius 2 is 1.70 bits per heavy atom. The molecule has 1 saturated carbocycles. The molecule has 20 heavy (non-hydrogen) atoms. The highest BCUT2D eigenvalue weighted by Gasteiger charge is 2.16. The lowest BCUT2D eigenvalue weighted by atomic mass is 9.83. The van der Waals surface area contributed by atoms with Crippen molar-refractivity contribution >= 4 is 27.3 Å². The Hall–Kier alpha value is -0.640. The van der Waals surface area contributed by atoms with Crippen molar-refractivity contribution in [2.75, 3.05) is 0 Å². The summed E-state index contributed by atoms with van der Waals surface area (Å²) < 4.78 is 1.14. The zero-order chi connectivity index (χ0) is 13.9. The summed E-state index contributed by atoms with van der Waals surface area (Å²) in [6.07, 6.45) is 6.88. The van der Waals surface area contributed by atoms with Gasteiger partial charge in [-0.2, -0.15) is 0 Å². The van der Waals surface area contributed by atoms with Crippen LogP contribution in [-0.2, 0) is 0 Å². The molecule has 3 heteroatoms. The molecular formula is C17H20BrNS. The van der Waals surface area contributed by atoms with Crippen LogP contribution in [0.15, 0.2) is 40.2 Å². The number of nitrogens with two attached hydrogens (primary N) is 1. The number of rotatable bonds is 3. The van der Waals surface area contributed by atoms with Crippen LogP contribution in [-0.4, -0.2) is 0 Å². The Balaban J connectivity index is 1.75. The molecular weight excluding hydrogens is 330 g/mol. The highest BCUT2D eigenvalue weighted by molar-refractivity contribution is 9.11. The quantitative estimate of drug-likeness (QED) is 0.765. The van der Waals surface area contributed by atoms with E-state index in [9.17, 15) is 0 Å². The van der Waals surface area contributed by atoms with Gasteiger partial charge in [0.1, 0.15) is 0 Å². The van der Waals surface area contributed by atoms with E-state index < -0.39 is 0 Å². The summed E-state index contributed by atoms with van der Waals surface area (Å²) >= 11 is 5.21. The molecule has 0 saturated heterocycles. The molecule has 106 valence electrons. The summed E-state index contributed by atoms with van der Waals surface area (Å²) in [5.74, 6) is 0.768. The van der Waals surface area contributed by atoms with Crippen molar-refractivity contribution in [1.82, 2.24) is 0 Å². The largest absolute Gasteiger partial charge is 0.320 e. The van der Waals surface area contributed by atoms with E-state index in [-0.39, 0.29) is 6.04 Å². The van der Waals surface area contributed by atoms with Crippen LogP contribution in [0, 0.1) is 0 Å². The molecule has 2 aromatic rings. The SMILES string of the molecule is NC(c1ccc(C2CCCCC2)cc1)c1ccc(Br)s1. The first-order chi connectivity index (χ1) is 9.74. The van der Waals surface area contributed by atoms with Crippen LogP contribution in [0.25, 0.3) is 0 Å². The van der Waals surface area contributed by atoms with Crippen molar-refractivity contribution in [2.45, 2.75) is 44.1 Å². The molecule has 1 aromatic heterocycles. The number of thiophene rings is 1. The lowest BCUT2D eigenvalue weighted by Crippen LogP contribution is -2.10. The van der Waals surface area contributed by atoms with Crippen molar-refractivity contribution in [3.05, 3.63) is 56.2 Å². The van der Waals surface area contributed by atoms with Crippen LogP contribution in [0.3, 0.4) is 0 Å². The molecule has 0 bridgehead atoms. The molecule has 1 aliphatic rings. The van der Waals surface area contributed by atoms with Gasteiger partial charge in [0.25, 0.3) is 0 Å². The Morgan fingerprint density at radius 1 is 1.00 bits per heavy atom. The molecule has 1 atom stereocenters. The highest BCUT2D eigenvalue weighted by Crippen LogP contribution is 2.34. The summed E-state index contributed by atoms with van der Waals surface area (Å²) in [7, 11) is 0. The molecule has 1 aromatic carbocycles. The molecule has 0 amide bonds. The van der Waals surface area contributed by atoms with Gasteiger partial charge in [0, 0.05) is 4.88 Å². The number of halogens is 1. The van der Waals surface area contributed by atoms with Gasteiger partial charge in [-0.25, -0.2) is 0 Å². The van der Waals surface area contributed by atoms with Crippen LogP contribution in [0.2, 0.25) is 0 Å². The minimum Gasteiger partial charge on any atom is -0.320 e. The molecule has 1 heterocycles. The third-order valence-corrected chi connectivity index (χ3v) is 5.98. The van der Waals surface area contributed by atoms with Gasteiger partial charge in [-0.1, -0.05) is 43.5 Å². The number of benzene rings is 1. The zero-order valence-electron chi connectivity index (χ0n) is 11.5. The van der Waals surface area contributed by atoms with Gasteiger partial charge in [-0.15, -0.1) is 11.3 Å². The van der Waals surface area contributed by atoms with Crippen molar-refractivity contribution < 1.29 is 0 Å². The monoisotopic (exact) mass is 349 g/mol. The average molecular weight is 350 g/mol. The average Bonchev–Trinajstić information content (AvgIpc) is 2.94. The maximum absolute atomic E-state index is 6.35. The summed E-state index contributed by atoms with van der Waals surface area (Å²) in [6, 6.07) is 13.2. The lowest BCUT2D eigenvalue weighted by molar-refractivity contribution is 0.443. The Bertz CT molecular complexity index is 555. The molecule has 0 radical (unpaired) electrons. The van der Waals surface area contributed by atoms with Crippen molar-refractivity contribution in [3.63, 3.8) is 0 Å². The lowest BCUT2D eigenvalue weighted by Gasteiger charge is -2.22. The van der Waals surface area contributed by atoms with Crippen LogP contribution >= 0.6 is 27.3 Å². The van der Waals surface area contributed by atoms with Gasteiger partial charge in [0.15, 0.2) is 0 Å². The molecule has 3 rings (SSSR count). The first-order valence-corrected chi connectivity index (χ1v) is 8.95. The minimum atomic E-state index is -0.00768. The second kappa shape index (κ2) is 6.42. The maximum atomic E-state index is 6.35. The van der Waals surface area contributed by atoms with Crippen molar-refractivity contribution in [1.29, 1.82) is 0 Å². The van der Waals surface area contributed by atoms with E-state index in [0.717, 1.165) is 9.70 Å². The molecule has 1 fully saturated rings. The fraction of sp³-hybridized carbons (Fsp3) is 0.412. The highest BCUT2D eigenvalue weighted by atomic mass is 79.9. The topological polar surface area (TPSA) is 26.0 Å². The summed E-state index contributed by atoms with van der Waals surface area (Å²) in [4.78, 5) is 1.21. The standard InChI is InChI=1S/C17H20BrNS/c18-16-11-10-15(20-16)17(19)14-8-6-13(7-9-14)12-4-2-1-3-5-12/h6-12,17H,1-5,19H2. The third-order valence-electron chi connectivity index (χ3n) is 4.27. The molecule has 1 unspecified atom stereocenters. The Morgan fingerprint density at radius 3 is 2.30 bits per heavy atom. The minimum absolute atomic E-state index is 0.00768. The van der Waals surface area contributed by atoms with Crippen LogP contribution in [0.4, 0.5) is 0 Å². The van der Waals surface area contributed by atoms with E-state index in [1.165, 1.54) is 48.1 Å². The predicted octanol–water partition coefficient (Wildman–Crippen LogP) is 5.61. The van der Waals surface area contributed by atoms with Crippen LogP contribution in [0.1, 0.15) is 60.1 Å². The van der Waals surface area contributed by atoms with Gasteiger partial charge in [0.05, 0.1) is 9.83 Å². The molecule has 0 spiro atoms. The van der Waals surface area contributed by atoms with E-state index in [0.29, 0.717) is 0 Å². The number of hydrogen-bond donors (Lipinski definition) is 1. The van der Waals surface area contributed by atoms with E-state index in [2.05, 4.69) is 52.3 Å². The normalized spacial score (nSPS) is 18.1. The fourth-order valence-corrected chi connectivity index (χ4v) is 4.52. The Kier molecular flexibility index (Phi) is 4.59. The predicted molar refractivity (Wildman–Crippen MR) is 90.3 cm³/mol. The summed E-state index contributed by atoms with van der Waals surface area (Å²) in [5.41, 5.74) is 9.05. The van der Waals surface area contributed by atoms with Crippen LogP contribution < -0.4 is 5.73 Å². The Labute approximate surface area is 133 Å². The molecule has 1 nitrogen and oxygen atoms in total. The number of hydrogen-bond acceptors (Lipinski definition) is 2. The first-order valence-electron chi connectivity index (χ1n) is 7.35. The molecule has 1 aliphatic carbocycles. The van der Waals surface area contributed by atoms with Gasteiger partial charge in [-0.05, 0) is 57.9 Å². The zero-order valence-corrected chi connectivity index (χ0v) is 13.9. The van der Waals surface area contributed by atoms with Gasteiger partial charge >= 0.3 is 0 Å². The summed E-state index contributed by atoms with van der Waals surface area (Å²) in [5, 5.41) is 0. The van der Waals surface area contributed by atoms with Crippen LogP contribution in [0.5, 0.6) is 0 Å². The molecule has 2 N–H and O–H groups in total. The van der Waals surface area contributed by atoms with Crippen molar-refractivity contribution in [3.8, 4) is 0 Å². The second-order valence-corrected chi connectivity index (χ2v) is 8.12. The second-order valence-electron chi connectivity index (χ2n) is 5.62. The van der Waals surface area contributed by atoms with Gasteiger partial charge in [-0.3, -0.25) is 0 Å². The van der Waals surface area contributed by atoms with E-state index >= 15 is 0 Å². The third kappa shape index (κ3) is 3.16. The van der Waals surface area contributed by atoms with Gasteiger partial charge < -0.3 is 5.73 Å². The van der Waals surface area contributed by atoms with Crippen molar-refractivity contribution in [2.24, 2.45) is 5.73 Å². The van der Waals surface area contributed by atoms with E-state index in [1.54, 1.807) is 11.3 Å². The fourth-order valence-electron chi connectivity index (χ4n) is 3.07. The smallest absolute Gasteiger partial charge is 0.0702 e. The van der Waals surface area contributed by atoms with Gasteiger partial charge in [0.2, 0.25) is 0 Å².